The Bertz CT molecular complexity index is 430. The van der Waals surface area contributed by atoms with E-state index in [1.165, 1.54) is 0 Å². The Morgan fingerprint density at radius 3 is 2.42 bits per heavy atom. The van der Waals surface area contributed by atoms with Crippen molar-refractivity contribution in [1.29, 1.82) is 0 Å². The summed E-state index contributed by atoms with van der Waals surface area (Å²) in [5, 5.41) is 0. The molecule has 1 aromatic rings. The van der Waals surface area contributed by atoms with E-state index in [-0.39, 0.29) is 6.04 Å². The summed E-state index contributed by atoms with van der Waals surface area (Å²) in [6, 6.07) is 0.217. The van der Waals surface area contributed by atoms with Crippen molar-refractivity contribution in [2.24, 2.45) is 5.73 Å². The Kier molecular flexibility index (Phi) is 5.28. The number of halogens is 1. The minimum absolute atomic E-state index is 0.217. The van der Waals surface area contributed by atoms with Gasteiger partial charge in [0.15, 0.2) is 0 Å². The van der Waals surface area contributed by atoms with E-state index in [0.29, 0.717) is 4.99 Å². The summed E-state index contributed by atoms with van der Waals surface area (Å²) in [7, 11) is 0. The van der Waals surface area contributed by atoms with Gasteiger partial charge in [-0.05, 0) is 29.0 Å². The molecule has 19 heavy (non-hydrogen) atoms. The fourth-order valence-electron chi connectivity index (χ4n) is 2.34. The van der Waals surface area contributed by atoms with Crippen molar-refractivity contribution in [1.82, 2.24) is 14.9 Å². The fourth-order valence-corrected chi connectivity index (χ4v) is 2.94. The smallest absolute Gasteiger partial charge is 0.225 e. The van der Waals surface area contributed by atoms with Crippen LogP contribution in [0.25, 0.3) is 0 Å². The predicted octanol–water partition coefficient (Wildman–Crippen LogP) is 1.27. The van der Waals surface area contributed by atoms with Crippen LogP contribution in [0.15, 0.2) is 12.4 Å². The highest BCUT2D eigenvalue weighted by Gasteiger charge is 2.25. The quantitative estimate of drug-likeness (QED) is 0.616. The van der Waals surface area contributed by atoms with Crippen LogP contribution in [0.5, 0.6) is 0 Å². The second-order valence-corrected chi connectivity index (χ2v) is 6.27. The fraction of sp³-hybridized carbons (Fsp3) is 0.583. The molecule has 1 fully saturated rings. The van der Waals surface area contributed by atoms with Gasteiger partial charge in [0.05, 0.1) is 11.0 Å². The van der Waals surface area contributed by atoms with Crippen LogP contribution in [0.3, 0.4) is 0 Å². The number of thiocarbonyl (C=S) groups is 1. The third-order valence-electron chi connectivity index (χ3n) is 3.36. The number of aromatic nitrogens is 2. The zero-order chi connectivity index (χ0) is 13.8. The molecule has 5 nitrogen and oxygen atoms in total. The highest BCUT2D eigenvalue weighted by molar-refractivity contribution is 14.1. The van der Waals surface area contributed by atoms with E-state index in [9.17, 15) is 0 Å². The second kappa shape index (κ2) is 6.76. The van der Waals surface area contributed by atoms with Gasteiger partial charge in [0.1, 0.15) is 0 Å². The highest BCUT2D eigenvalue weighted by atomic mass is 127. The van der Waals surface area contributed by atoms with Crippen LogP contribution in [-0.4, -0.2) is 52.1 Å². The van der Waals surface area contributed by atoms with Crippen LogP contribution >= 0.6 is 34.8 Å². The van der Waals surface area contributed by atoms with Gasteiger partial charge in [-0.2, -0.15) is 0 Å². The summed E-state index contributed by atoms with van der Waals surface area (Å²) >= 11 is 7.34. The molecular formula is C12H18IN5S. The monoisotopic (exact) mass is 391 g/mol. The van der Waals surface area contributed by atoms with Gasteiger partial charge in [0.25, 0.3) is 0 Å². The van der Waals surface area contributed by atoms with Crippen molar-refractivity contribution in [2.75, 3.05) is 31.1 Å². The summed E-state index contributed by atoms with van der Waals surface area (Å²) in [6.07, 6.45) is 4.66. The number of piperazine rings is 1. The van der Waals surface area contributed by atoms with Gasteiger partial charge in [-0.25, -0.2) is 9.97 Å². The van der Waals surface area contributed by atoms with Gasteiger partial charge in [-0.15, -0.1) is 0 Å². The maximum absolute atomic E-state index is 5.79. The van der Waals surface area contributed by atoms with E-state index in [0.717, 1.165) is 42.1 Å². The first-order valence-electron chi connectivity index (χ1n) is 6.37. The molecule has 0 spiro atoms. The van der Waals surface area contributed by atoms with Crippen LogP contribution < -0.4 is 10.6 Å². The normalized spacial score (nSPS) is 18.3. The average Bonchev–Trinajstić information content (AvgIpc) is 2.41. The molecule has 2 N–H and O–H groups in total. The van der Waals surface area contributed by atoms with Gasteiger partial charge >= 0.3 is 0 Å². The lowest BCUT2D eigenvalue weighted by Crippen LogP contribution is -2.53. The molecule has 104 valence electrons. The average molecular weight is 391 g/mol. The summed E-state index contributed by atoms with van der Waals surface area (Å²) in [5.74, 6) is 0.809. The SMILES string of the molecule is CCC(C(N)=S)N1CCN(c2ncc(I)cn2)CC1. The molecule has 1 atom stereocenters. The van der Waals surface area contributed by atoms with Crippen LogP contribution in [-0.2, 0) is 0 Å². The van der Waals surface area contributed by atoms with Gasteiger partial charge in [0.2, 0.25) is 5.95 Å². The zero-order valence-corrected chi connectivity index (χ0v) is 13.9. The highest BCUT2D eigenvalue weighted by Crippen LogP contribution is 2.14. The van der Waals surface area contributed by atoms with E-state index in [1.807, 2.05) is 12.4 Å². The minimum Gasteiger partial charge on any atom is -0.392 e. The van der Waals surface area contributed by atoms with Crippen molar-refractivity contribution in [3.8, 4) is 0 Å². The largest absolute Gasteiger partial charge is 0.392 e. The molecule has 1 aliphatic heterocycles. The second-order valence-electron chi connectivity index (χ2n) is 4.55. The number of hydrogen-bond donors (Lipinski definition) is 1. The lowest BCUT2D eigenvalue weighted by molar-refractivity contribution is 0.223. The first kappa shape index (κ1) is 14.9. The van der Waals surface area contributed by atoms with Crippen molar-refractivity contribution >= 4 is 45.7 Å². The van der Waals surface area contributed by atoms with Crippen LogP contribution in [0.2, 0.25) is 0 Å². The predicted molar refractivity (Wildman–Crippen MR) is 89.4 cm³/mol. The summed E-state index contributed by atoms with van der Waals surface area (Å²) in [5.41, 5.74) is 5.79. The molecule has 2 heterocycles. The first-order valence-corrected chi connectivity index (χ1v) is 7.86. The van der Waals surface area contributed by atoms with E-state index in [1.54, 1.807) is 0 Å². The van der Waals surface area contributed by atoms with E-state index >= 15 is 0 Å². The van der Waals surface area contributed by atoms with Crippen LogP contribution in [0.1, 0.15) is 13.3 Å². The number of nitrogens with two attached hydrogens (primary N) is 1. The molecule has 1 unspecified atom stereocenters. The molecule has 2 rings (SSSR count). The van der Waals surface area contributed by atoms with E-state index < -0.39 is 0 Å². The number of anilines is 1. The molecule has 0 saturated carbocycles. The Morgan fingerprint density at radius 1 is 1.37 bits per heavy atom. The minimum atomic E-state index is 0.217. The number of hydrogen-bond acceptors (Lipinski definition) is 5. The Labute approximate surface area is 132 Å². The molecule has 0 aliphatic carbocycles. The standard InChI is InChI=1S/C12H18IN5S/c1-2-10(11(14)19)17-3-5-18(6-4-17)12-15-7-9(13)8-16-12/h7-8,10H,2-6H2,1H3,(H2,14,19). The van der Waals surface area contributed by atoms with Crippen molar-refractivity contribution in [2.45, 2.75) is 19.4 Å². The molecule has 1 aromatic heterocycles. The topological polar surface area (TPSA) is 58.3 Å². The Morgan fingerprint density at radius 2 is 1.95 bits per heavy atom. The molecular weight excluding hydrogens is 373 g/mol. The van der Waals surface area contributed by atoms with Crippen LogP contribution in [0, 0.1) is 3.57 Å². The zero-order valence-electron chi connectivity index (χ0n) is 10.9. The summed E-state index contributed by atoms with van der Waals surface area (Å²) in [4.78, 5) is 13.9. The number of nitrogens with zero attached hydrogens (tertiary/aromatic N) is 4. The van der Waals surface area contributed by atoms with Crippen molar-refractivity contribution < 1.29 is 0 Å². The van der Waals surface area contributed by atoms with E-state index in [2.05, 4.69) is 49.3 Å². The molecule has 0 amide bonds. The van der Waals surface area contributed by atoms with Crippen molar-refractivity contribution in [3.05, 3.63) is 16.0 Å². The summed E-state index contributed by atoms with van der Waals surface area (Å²) < 4.78 is 1.06. The molecule has 1 saturated heterocycles. The van der Waals surface area contributed by atoms with Gasteiger partial charge in [-0.1, -0.05) is 19.1 Å². The maximum Gasteiger partial charge on any atom is 0.225 e. The van der Waals surface area contributed by atoms with Gasteiger partial charge in [-0.3, -0.25) is 4.90 Å². The molecule has 0 radical (unpaired) electrons. The Hall–Kier alpha value is -0.540. The summed E-state index contributed by atoms with van der Waals surface area (Å²) in [6.45, 7) is 5.86. The lowest BCUT2D eigenvalue weighted by atomic mass is 10.1. The lowest BCUT2D eigenvalue weighted by Gasteiger charge is -2.38. The molecule has 0 bridgehead atoms. The molecule has 7 heteroatoms. The van der Waals surface area contributed by atoms with Crippen LogP contribution in [0.4, 0.5) is 5.95 Å². The third kappa shape index (κ3) is 3.73. The first-order chi connectivity index (χ1) is 9.11. The Balaban J connectivity index is 1.95. The van der Waals surface area contributed by atoms with Crippen molar-refractivity contribution in [3.63, 3.8) is 0 Å². The molecule has 1 aliphatic rings. The van der Waals surface area contributed by atoms with Gasteiger partial charge in [0, 0.05) is 42.1 Å². The molecule has 0 aromatic carbocycles. The van der Waals surface area contributed by atoms with Gasteiger partial charge < -0.3 is 10.6 Å². The maximum atomic E-state index is 5.79. The number of rotatable bonds is 4. The third-order valence-corrected chi connectivity index (χ3v) is 4.19. The van der Waals surface area contributed by atoms with E-state index in [4.69, 9.17) is 18.0 Å².